The lowest BCUT2D eigenvalue weighted by Gasteiger charge is -2.39. The third-order valence-electron chi connectivity index (χ3n) is 3.13. The van der Waals surface area contributed by atoms with Crippen LogP contribution in [0.25, 0.3) is 0 Å². The van der Waals surface area contributed by atoms with E-state index in [1.807, 2.05) is 11.9 Å². The molecule has 12 heavy (non-hydrogen) atoms. The molecule has 2 aliphatic heterocycles. The highest BCUT2D eigenvalue weighted by atomic mass is 32.2. The number of nitrogens with one attached hydrogen (secondary N) is 1. The SMILES string of the molecule is CSN1CCCC2(CCCN2)C1. The van der Waals surface area contributed by atoms with Gasteiger partial charge in [0, 0.05) is 18.6 Å². The Bertz CT molecular complexity index is 155. The molecule has 0 aromatic rings. The lowest BCUT2D eigenvalue weighted by Crippen LogP contribution is -2.51. The highest BCUT2D eigenvalue weighted by molar-refractivity contribution is 7.96. The first-order valence-corrected chi connectivity index (χ1v) is 6.07. The van der Waals surface area contributed by atoms with Crippen LogP contribution in [0.3, 0.4) is 0 Å². The van der Waals surface area contributed by atoms with Crippen LogP contribution in [-0.4, -0.2) is 35.7 Å². The minimum Gasteiger partial charge on any atom is -0.310 e. The summed E-state index contributed by atoms with van der Waals surface area (Å²) in [5, 5.41) is 3.68. The third kappa shape index (κ3) is 1.63. The fourth-order valence-corrected chi connectivity index (χ4v) is 3.15. The van der Waals surface area contributed by atoms with E-state index in [1.54, 1.807) is 0 Å². The van der Waals surface area contributed by atoms with Crippen LogP contribution in [0, 0.1) is 0 Å². The van der Waals surface area contributed by atoms with E-state index in [4.69, 9.17) is 0 Å². The Morgan fingerprint density at radius 3 is 2.83 bits per heavy atom. The van der Waals surface area contributed by atoms with Gasteiger partial charge in [0.25, 0.3) is 0 Å². The van der Waals surface area contributed by atoms with E-state index in [-0.39, 0.29) is 0 Å². The molecule has 0 saturated carbocycles. The van der Waals surface area contributed by atoms with E-state index >= 15 is 0 Å². The summed E-state index contributed by atoms with van der Waals surface area (Å²) >= 11 is 1.90. The van der Waals surface area contributed by atoms with Gasteiger partial charge in [-0.25, -0.2) is 4.31 Å². The molecule has 0 bridgehead atoms. The van der Waals surface area contributed by atoms with Crippen molar-refractivity contribution in [1.29, 1.82) is 0 Å². The van der Waals surface area contributed by atoms with Crippen LogP contribution in [0.5, 0.6) is 0 Å². The number of hydrogen-bond donors (Lipinski definition) is 1. The second-order valence-electron chi connectivity index (χ2n) is 3.96. The molecule has 3 heteroatoms. The molecule has 1 atom stereocenters. The van der Waals surface area contributed by atoms with Gasteiger partial charge in [0.2, 0.25) is 0 Å². The topological polar surface area (TPSA) is 15.3 Å². The number of hydrogen-bond acceptors (Lipinski definition) is 3. The molecule has 1 N–H and O–H groups in total. The lowest BCUT2D eigenvalue weighted by atomic mass is 9.89. The second-order valence-corrected chi connectivity index (χ2v) is 4.84. The molecule has 2 fully saturated rings. The Kier molecular flexibility index (Phi) is 2.63. The Balaban J connectivity index is 1.97. The fraction of sp³-hybridized carbons (Fsp3) is 1.00. The number of piperidine rings is 1. The van der Waals surface area contributed by atoms with E-state index in [9.17, 15) is 0 Å². The molecule has 2 rings (SSSR count). The molecule has 0 aliphatic carbocycles. The molecule has 2 nitrogen and oxygen atoms in total. The van der Waals surface area contributed by atoms with Crippen LogP contribution in [0.15, 0.2) is 0 Å². The molecule has 2 heterocycles. The van der Waals surface area contributed by atoms with Gasteiger partial charge in [-0.05, 0) is 38.5 Å². The van der Waals surface area contributed by atoms with E-state index in [0.29, 0.717) is 5.54 Å². The largest absolute Gasteiger partial charge is 0.310 e. The monoisotopic (exact) mass is 186 g/mol. The molecule has 1 spiro atoms. The zero-order valence-electron chi connectivity index (χ0n) is 7.81. The quantitative estimate of drug-likeness (QED) is 0.625. The van der Waals surface area contributed by atoms with Gasteiger partial charge in [-0.15, -0.1) is 0 Å². The van der Waals surface area contributed by atoms with Crippen molar-refractivity contribution in [3.05, 3.63) is 0 Å². The van der Waals surface area contributed by atoms with Crippen LogP contribution in [-0.2, 0) is 0 Å². The highest BCUT2D eigenvalue weighted by Crippen LogP contribution is 2.31. The summed E-state index contributed by atoms with van der Waals surface area (Å²) < 4.78 is 2.50. The van der Waals surface area contributed by atoms with E-state index in [2.05, 4.69) is 15.9 Å². The van der Waals surface area contributed by atoms with Crippen LogP contribution >= 0.6 is 11.9 Å². The van der Waals surface area contributed by atoms with Gasteiger partial charge in [0.05, 0.1) is 0 Å². The molecule has 0 aromatic heterocycles. The zero-order chi connectivity index (χ0) is 8.44. The molecule has 70 valence electrons. The van der Waals surface area contributed by atoms with Gasteiger partial charge in [-0.3, -0.25) is 0 Å². The van der Waals surface area contributed by atoms with Crippen LogP contribution in [0.1, 0.15) is 25.7 Å². The Hall–Kier alpha value is 0.270. The molecule has 0 radical (unpaired) electrons. The maximum Gasteiger partial charge on any atom is 0.0319 e. The average Bonchev–Trinajstić information content (AvgIpc) is 2.53. The predicted molar refractivity (Wildman–Crippen MR) is 54.3 cm³/mol. The highest BCUT2D eigenvalue weighted by Gasteiger charge is 2.37. The second kappa shape index (κ2) is 3.56. The van der Waals surface area contributed by atoms with Gasteiger partial charge in [0.15, 0.2) is 0 Å². The van der Waals surface area contributed by atoms with E-state index in [1.165, 1.54) is 45.3 Å². The smallest absolute Gasteiger partial charge is 0.0319 e. The summed E-state index contributed by atoms with van der Waals surface area (Å²) in [6.07, 6.45) is 7.72. The third-order valence-corrected chi connectivity index (χ3v) is 3.96. The molecular formula is C9H18N2S. The molecule has 0 amide bonds. The van der Waals surface area contributed by atoms with Crippen LogP contribution < -0.4 is 5.32 Å². The van der Waals surface area contributed by atoms with Crippen molar-refractivity contribution in [1.82, 2.24) is 9.62 Å². The average molecular weight is 186 g/mol. The van der Waals surface area contributed by atoms with Gasteiger partial charge >= 0.3 is 0 Å². The summed E-state index contributed by atoms with van der Waals surface area (Å²) in [5.74, 6) is 0. The van der Waals surface area contributed by atoms with Crippen molar-refractivity contribution < 1.29 is 0 Å². The van der Waals surface area contributed by atoms with E-state index < -0.39 is 0 Å². The number of rotatable bonds is 1. The first kappa shape index (κ1) is 8.85. The van der Waals surface area contributed by atoms with Crippen LogP contribution in [0.4, 0.5) is 0 Å². The first-order valence-electron chi connectivity index (χ1n) is 4.89. The molecule has 0 aromatic carbocycles. The standard InChI is InChI=1S/C9H18N2S/c1-12-11-7-3-5-9(8-11)4-2-6-10-9/h10H,2-8H2,1H3. The molecular weight excluding hydrogens is 168 g/mol. The summed E-state index contributed by atoms with van der Waals surface area (Å²) in [4.78, 5) is 0. The lowest BCUT2D eigenvalue weighted by molar-refractivity contribution is 0.217. The molecule has 2 aliphatic rings. The maximum atomic E-state index is 3.68. The minimum absolute atomic E-state index is 0.501. The minimum atomic E-state index is 0.501. The zero-order valence-corrected chi connectivity index (χ0v) is 8.62. The molecule has 2 saturated heterocycles. The van der Waals surface area contributed by atoms with Crippen molar-refractivity contribution >= 4 is 11.9 Å². The van der Waals surface area contributed by atoms with Crippen molar-refractivity contribution in [3.63, 3.8) is 0 Å². The van der Waals surface area contributed by atoms with Gasteiger partial charge in [0.1, 0.15) is 0 Å². The predicted octanol–water partition coefficient (Wildman–Crippen LogP) is 1.48. The summed E-state index contributed by atoms with van der Waals surface area (Å²) in [5.41, 5.74) is 0.501. The Labute approximate surface area is 79.2 Å². The van der Waals surface area contributed by atoms with Crippen molar-refractivity contribution in [2.75, 3.05) is 25.9 Å². The van der Waals surface area contributed by atoms with Gasteiger partial charge < -0.3 is 5.32 Å². The summed E-state index contributed by atoms with van der Waals surface area (Å²) in [6, 6.07) is 0. The maximum absolute atomic E-state index is 3.68. The normalized spacial score (nSPS) is 37.8. The van der Waals surface area contributed by atoms with Gasteiger partial charge in [-0.2, -0.15) is 0 Å². The van der Waals surface area contributed by atoms with Crippen molar-refractivity contribution in [2.24, 2.45) is 0 Å². The van der Waals surface area contributed by atoms with Crippen LogP contribution in [0.2, 0.25) is 0 Å². The van der Waals surface area contributed by atoms with Crippen molar-refractivity contribution in [3.8, 4) is 0 Å². The molecule has 1 unspecified atom stereocenters. The first-order chi connectivity index (χ1) is 5.85. The summed E-state index contributed by atoms with van der Waals surface area (Å²) in [7, 11) is 0. The Morgan fingerprint density at radius 2 is 2.17 bits per heavy atom. The number of nitrogens with zero attached hydrogens (tertiary/aromatic N) is 1. The Morgan fingerprint density at radius 1 is 1.33 bits per heavy atom. The fourth-order valence-electron chi connectivity index (χ4n) is 2.46. The van der Waals surface area contributed by atoms with Gasteiger partial charge in [-0.1, -0.05) is 11.9 Å². The summed E-state index contributed by atoms with van der Waals surface area (Å²) in [6.45, 7) is 3.78. The van der Waals surface area contributed by atoms with Crippen molar-refractivity contribution in [2.45, 2.75) is 31.2 Å². The van der Waals surface area contributed by atoms with E-state index in [0.717, 1.165) is 0 Å².